The number of amides is 2. The van der Waals surface area contributed by atoms with Gasteiger partial charge in [0.25, 0.3) is 0 Å². The Morgan fingerprint density at radius 3 is 2.42 bits per heavy atom. The molecule has 9 heteroatoms. The third-order valence-electron chi connectivity index (χ3n) is 1.87. The molecule has 1 atom stereocenters. The zero-order chi connectivity index (χ0) is 14.8. The van der Waals surface area contributed by atoms with Crippen molar-refractivity contribution in [1.82, 2.24) is 10.6 Å². The standard InChI is InChI=1S/C10H15N3O6/c1-19-9(16)3-2-7(14)12-5-6(10(17)18)13-8(15)4-11/h2-3,6H,4-5,11H2,1H3,(H,12,14)(H,13,15)(H,17,18)/b3-2+. The minimum absolute atomic E-state index is 0.342. The second-order valence-corrected chi connectivity index (χ2v) is 3.26. The molecule has 0 aliphatic rings. The topological polar surface area (TPSA) is 148 Å². The van der Waals surface area contributed by atoms with Crippen LogP contribution in [-0.4, -0.2) is 55.1 Å². The highest BCUT2D eigenvalue weighted by atomic mass is 16.5. The lowest BCUT2D eigenvalue weighted by Gasteiger charge is -2.13. The molecule has 0 fully saturated rings. The van der Waals surface area contributed by atoms with Crippen molar-refractivity contribution in [3.8, 4) is 0 Å². The fourth-order valence-corrected chi connectivity index (χ4v) is 0.927. The lowest BCUT2D eigenvalue weighted by atomic mass is 10.3. The number of ether oxygens (including phenoxy) is 1. The summed E-state index contributed by atoms with van der Waals surface area (Å²) in [4.78, 5) is 43.6. The fourth-order valence-electron chi connectivity index (χ4n) is 0.927. The smallest absolute Gasteiger partial charge is 0.330 e. The second-order valence-electron chi connectivity index (χ2n) is 3.26. The number of carbonyl (C=O) groups excluding carboxylic acids is 3. The van der Waals surface area contributed by atoms with Crippen LogP contribution in [0, 0.1) is 0 Å². The maximum Gasteiger partial charge on any atom is 0.330 e. The largest absolute Gasteiger partial charge is 0.480 e. The molecular formula is C10H15N3O6. The van der Waals surface area contributed by atoms with Crippen molar-refractivity contribution in [3.05, 3.63) is 12.2 Å². The number of hydrogen-bond donors (Lipinski definition) is 4. The third kappa shape index (κ3) is 7.49. The zero-order valence-electron chi connectivity index (χ0n) is 10.2. The SMILES string of the molecule is COC(=O)/C=C/C(=O)NCC(NC(=O)CN)C(=O)O. The Morgan fingerprint density at radius 1 is 1.32 bits per heavy atom. The molecule has 2 amide bonds. The van der Waals surface area contributed by atoms with Crippen LogP contribution in [0.4, 0.5) is 0 Å². The van der Waals surface area contributed by atoms with Crippen LogP contribution in [0.2, 0.25) is 0 Å². The molecule has 9 nitrogen and oxygen atoms in total. The minimum atomic E-state index is -1.32. The molecule has 0 saturated heterocycles. The van der Waals surface area contributed by atoms with Gasteiger partial charge in [-0.05, 0) is 0 Å². The monoisotopic (exact) mass is 273 g/mol. The molecule has 0 aromatic carbocycles. The highest BCUT2D eigenvalue weighted by Crippen LogP contribution is 1.84. The van der Waals surface area contributed by atoms with Crippen molar-refractivity contribution in [3.63, 3.8) is 0 Å². The Hall–Kier alpha value is -2.42. The van der Waals surface area contributed by atoms with Gasteiger partial charge in [-0.25, -0.2) is 9.59 Å². The van der Waals surface area contributed by atoms with Crippen molar-refractivity contribution >= 4 is 23.8 Å². The summed E-state index contributed by atoms with van der Waals surface area (Å²) in [6.45, 7) is -0.703. The summed E-state index contributed by atoms with van der Waals surface area (Å²) in [6.07, 6.45) is 1.76. The van der Waals surface area contributed by atoms with E-state index in [1.807, 2.05) is 0 Å². The van der Waals surface area contributed by atoms with E-state index >= 15 is 0 Å². The van der Waals surface area contributed by atoms with Crippen molar-refractivity contribution in [2.45, 2.75) is 6.04 Å². The van der Waals surface area contributed by atoms with E-state index in [0.717, 1.165) is 19.3 Å². The van der Waals surface area contributed by atoms with Crippen LogP contribution < -0.4 is 16.4 Å². The Balaban J connectivity index is 4.29. The number of esters is 1. The normalized spacial score (nSPS) is 11.7. The van der Waals surface area contributed by atoms with Crippen LogP contribution in [0.3, 0.4) is 0 Å². The van der Waals surface area contributed by atoms with Crippen LogP contribution in [0.1, 0.15) is 0 Å². The lowest BCUT2D eigenvalue weighted by molar-refractivity contribution is -0.141. The highest BCUT2D eigenvalue weighted by molar-refractivity contribution is 5.94. The average Bonchev–Trinajstić information content (AvgIpc) is 2.39. The van der Waals surface area contributed by atoms with Crippen LogP contribution >= 0.6 is 0 Å². The van der Waals surface area contributed by atoms with Gasteiger partial charge in [0, 0.05) is 18.7 Å². The van der Waals surface area contributed by atoms with Gasteiger partial charge < -0.3 is 26.2 Å². The molecule has 0 aliphatic heterocycles. The van der Waals surface area contributed by atoms with E-state index in [1.54, 1.807) is 0 Å². The van der Waals surface area contributed by atoms with Gasteiger partial charge in [-0.2, -0.15) is 0 Å². The van der Waals surface area contributed by atoms with Crippen LogP contribution in [0.15, 0.2) is 12.2 Å². The fraction of sp³-hybridized carbons (Fsp3) is 0.400. The first-order valence-corrected chi connectivity index (χ1v) is 5.16. The molecule has 0 radical (unpaired) electrons. The molecule has 0 aromatic heterocycles. The van der Waals surface area contributed by atoms with E-state index in [-0.39, 0.29) is 13.1 Å². The Kier molecular flexibility index (Phi) is 7.54. The maximum absolute atomic E-state index is 11.2. The number of carboxylic acids is 1. The molecule has 5 N–H and O–H groups in total. The Bertz CT molecular complexity index is 393. The van der Waals surface area contributed by atoms with E-state index in [0.29, 0.717) is 0 Å². The summed E-state index contributed by atoms with van der Waals surface area (Å²) in [6, 6.07) is -1.30. The van der Waals surface area contributed by atoms with Gasteiger partial charge in [0.15, 0.2) is 0 Å². The first-order chi connectivity index (χ1) is 8.90. The maximum atomic E-state index is 11.2. The Labute approximate surface area is 108 Å². The first kappa shape index (κ1) is 16.6. The molecule has 0 spiro atoms. The summed E-state index contributed by atoms with van der Waals surface area (Å²) in [5.74, 6) is -3.40. The number of nitrogens with one attached hydrogen (secondary N) is 2. The molecule has 0 rings (SSSR count). The number of hydrogen-bond acceptors (Lipinski definition) is 6. The van der Waals surface area contributed by atoms with E-state index in [4.69, 9.17) is 10.8 Å². The van der Waals surface area contributed by atoms with Crippen LogP contribution in [0.25, 0.3) is 0 Å². The van der Waals surface area contributed by atoms with Crippen molar-refractivity contribution < 1.29 is 29.0 Å². The molecule has 0 aromatic rings. The number of methoxy groups -OCH3 is 1. The number of carbonyl (C=O) groups is 4. The van der Waals surface area contributed by atoms with Crippen molar-refractivity contribution in [1.29, 1.82) is 0 Å². The third-order valence-corrected chi connectivity index (χ3v) is 1.87. The van der Waals surface area contributed by atoms with Gasteiger partial charge in [0.2, 0.25) is 11.8 Å². The summed E-state index contributed by atoms with van der Waals surface area (Å²) >= 11 is 0. The van der Waals surface area contributed by atoms with Crippen LogP contribution in [-0.2, 0) is 23.9 Å². The quantitative estimate of drug-likeness (QED) is 0.292. The first-order valence-electron chi connectivity index (χ1n) is 5.16. The van der Waals surface area contributed by atoms with Gasteiger partial charge in [0.05, 0.1) is 13.7 Å². The lowest BCUT2D eigenvalue weighted by Crippen LogP contribution is -2.49. The molecule has 0 aliphatic carbocycles. The molecule has 106 valence electrons. The summed E-state index contributed by atoms with van der Waals surface area (Å²) in [5, 5.41) is 13.1. The molecule has 1 unspecified atom stereocenters. The highest BCUT2D eigenvalue weighted by Gasteiger charge is 2.19. The predicted molar refractivity (Wildman–Crippen MR) is 62.8 cm³/mol. The molecular weight excluding hydrogens is 258 g/mol. The number of aliphatic carboxylic acids is 1. The second kappa shape index (κ2) is 8.64. The average molecular weight is 273 g/mol. The van der Waals surface area contributed by atoms with Gasteiger partial charge in [-0.1, -0.05) is 0 Å². The van der Waals surface area contributed by atoms with Gasteiger partial charge >= 0.3 is 11.9 Å². The summed E-state index contributed by atoms with van der Waals surface area (Å²) in [5.41, 5.74) is 5.02. The van der Waals surface area contributed by atoms with Crippen LogP contribution in [0.5, 0.6) is 0 Å². The van der Waals surface area contributed by atoms with E-state index < -0.39 is 29.8 Å². The predicted octanol–water partition coefficient (Wildman–Crippen LogP) is -2.64. The molecule has 0 bridgehead atoms. The minimum Gasteiger partial charge on any atom is -0.480 e. The van der Waals surface area contributed by atoms with Crippen molar-refractivity contribution in [2.24, 2.45) is 5.73 Å². The summed E-state index contributed by atoms with van der Waals surface area (Å²) < 4.78 is 4.26. The number of carboxylic acid groups (broad SMARTS) is 1. The summed E-state index contributed by atoms with van der Waals surface area (Å²) in [7, 11) is 1.15. The Morgan fingerprint density at radius 2 is 1.95 bits per heavy atom. The zero-order valence-corrected chi connectivity index (χ0v) is 10.2. The van der Waals surface area contributed by atoms with Gasteiger partial charge in [-0.3, -0.25) is 9.59 Å². The van der Waals surface area contributed by atoms with Gasteiger partial charge in [-0.15, -0.1) is 0 Å². The number of rotatable bonds is 7. The van der Waals surface area contributed by atoms with E-state index in [9.17, 15) is 19.2 Å². The number of nitrogens with two attached hydrogens (primary N) is 1. The molecule has 0 heterocycles. The molecule has 0 saturated carbocycles. The van der Waals surface area contributed by atoms with Crippen molar-refractivity contribution in [2.75, 3.05) is 20.2 Å². The van der Waals surface area contributed by atoms with Gasteiger partial charge in [0.1, 0.15) is 6.04 Å². The molecule has 19 heavy (non-hydrogen) atoms. The van der Waals surface area contributed by atoms with E-state index in [2.05, 4.69) is 15.4 Å². The van der Waals surface area contributed by atoms with E-state index in [1.165, 1.54) is 0 Å².